The van der Waals surface area contributed by atoms with Crippen molar-refractivity contribution < 1.29 is 9.13 Å². The van der Waals surface area contributed by atoms with Crippen LogP contribution in [0.15, 0.2) is 30.9 Å². The number of anilines is 1. The van der Waals surface area contributed by atoms with E-state index in [9.17, 15) is 4.39 Å². The fourth-order valence-electron chi connectivity index (χ4n) is 2.20. The molecule has 3 rings (SSSR count). The number of benzene rings is 1. The van der Waals surface area contributed by atoms with Crippen LogP contribution in [0.5, 0.6) is 5.75 Å². The first-order chi connectivity index (χ1) is 10.2. The minimum Gasteiger partial charge on any atom is -0.496 e. The third-order valence-corrected chi connectivity index (χ3v) is 3.23. The number of hydrogen-bond donors (Lipinski definition) is 2. The molecular formula is C14H14FN5O. The molecule has 1 atom stereocenters. The van der Waals surface area contributed by atoms with E-state index in [2.05, 4.69) is 25.3 Å². The van der Waals surface area contributed by atoms with Crippen molar-refractivity contribution in [2.24, 2.45) is 0 Å². The molecular weight excluding hydrogens is 273 g/mol. The van der Waals surface area contributed by atoms with Gasteiger partial charge in [-0.1, -0.05) is 0 Å². The van der Waals surface area contributed by atoms with Crippen LogP contribution in [-0.4, -0.2) is 27.0 Å². The topological polar surface area (TPSA) is 75.7 Å². The Hall–Kier alpha value is -2.70. The summed E-state index contributed by atoms with van der Waals surface area (Å²) < 4.78 is 18.7. The SMILES string of the molecule is COc1ccc(F)cc1C(C)Nc1ncnc2nc[nH]c12. The zero-order valence-corrected chi connectivity index (χ0v) is 11.6. The Morgan fingerprint density at radius 1 is 1.29 bits per heavy atom. The van der Waals surface area contributed by atoms with Crippen LogP contribution in [0.2, 0.25) is 0 Å². The number of rotatable bonds is 4. The van der Waals surface area contributed by atoms with Gasteiger partial charge < -0.3 is 15.0 Å². The predicted molar refractivity (Wildman–Crippen MR) is 76.7 cm³/mol. The van der Waals surface area contributed by atoms with E-state index < -0.39 is 0 Å². The van der Waals surface area contributed by atoms with Gasteiger partial charge in [-0.25, -0.2) is 19.3 Å². The van der Waals surface area contributed by atoms with E-state index in [0.717, 1.165) is 0 Å². The van der Waals surface area contributed by atoms with Crippen molar-refractivity contribution in [2.45, 2.75) is 13.0 Å². The molecule has 108 valence electrons. The van der Waals surface area contributed by atoms with E-state index in [0.29, 0.717) is 28.3 Å². The standard InChI is InChI=1S/C14H14FN5O/c1-8(10-5-9(15)3-4-11(10)21-2)20-14-12-13(17-6-16-12)18-7-19-14/h3-8H,1-2H3,(H2,16,17,18,19,20). The molecule has 2 heterocycles. The quantitative estimate of drug-likeness (QED) is 0.771. The van der Waals surface area contributed by atoms with Gasteiger partial charge in [0, 0.05) is 5.56 Å². The van der Waals surface area contributed by atoms with Crippen molar-refractivity contribution in [3.05, 3.63) is 42.2 Å². The lowest BCUT2D eigenvalue weighted by Crippen LogP contribution is -2.10. The number of ether oxygens (including phenoxy) is 1. The maximum absolute atomic E-state index is 13.5. The van der Waals surface area contributed by atoms with Gasteiger partial charge in [-0.05, 0) is 25.1 Å². The molecule has 1 unspecified atom stereocenters. The van der Waals surface area contributed by atoms with Crippen LogP contribution in [0.4, 0.5) is 10.2 Å². The Labute approximate surface area is 120 Å². The van der Waals surface area contributed by atoms with E-state index >= 15 is 0 Å². The van der Waals surface area contributed by atoms with Crippen LogP contribution in [-0.2, 0) is 0 Å². The largest absolute Gasteiger partial charge is 0.496 e. The molecule has 21 heavy (non-hydrogen) atoms. The first-order valence-corrected chi connectivity index (χ1v) is 6.43. The van der Waals surface area contributed by atoms with E-state index in [1.165, 1.54) is 18.5 Å². The average Bonchev–Trinajstić information content (AvgIpc) is 2.96. The number of hydrogen-bond acceptors (Lipinski definition) is 5. The third kappa shape index (κ3) is 2.49. The molecule has 6 nitrogen and oxygen atoms in total. The second kappa shape index (κ2) is 5.35. The number of aromatic amines is 1. The van der Waals surface area contributed by atoms with Crippen molar-refractivity contribution in [3.8, 4) is 5.75 Å². The molecule has 0 fully saturated rings. The maximum Gasteiger partial charge on any atom is 0.182 e. The third-order valence-electron chi connectivity index (χ3n) is 3.23. The molecule has 0 radical (unpaired) electrons. The molecule has 2 aromatic heterocycles. The molecule has 0 bridgehead atoms. The fraction of sp³-hybridized carbons (Fsp3) is 0.214. The van der Waals surface area contributed by atoms with Gasteiger partial charge >= 0.3 is 0 Å². The van der Waals surface area contributed by atoms with Crippen LogP contribution in [0.25, 0.3) is 11.2 Å². The lowest BCUT2D eigenvalue weighted by Gasteiger charge is -2.18. The van der Waals surface area contributed by atoms with Crippen LogP contribution in [0.3, 0.4) is 0 Å². The molecule has 0 aliphatic heterocycles. The minimum absolute atomic E-state index is 0.197. The first kappa shape index (κ1) is 13.3. The van der Waals surface area contributed by atoms with Gasteiger partial charge in [0.05, 0.1) is 19.5 Å². The summed E-state index contributed by atoms with van der Waals surface area (Å²) >= 11 is 0. The van der Waals surface area contributed by atoms with Crippen LogP contribution < -0.4 is 10.1 Å². The van der Waals surface area contributed by atoms with E-state index in [-0.39, 0.29) is 11.9 Å². The molecule has 0 spiro atoms. The number of halogens is 1. The summed E-state index contributed by atoms with van der Waals surface area (Å²) in [6, 6.07) is 4.22. The minimum atomic E-state index is -0.311. The van der Waals surface area contributed by atoms with Gasteiger partial charge in [0.2, 0.25) is 0 Å². The highest BCUT2D eigenvalue weighted by atomic mass is 19.1. The molecule has 2 N–H and O–H groups in total. The maximum atomic E-state index is 13.5. The summed E-state index contributed by atoms with van der Waals surface area (Å²) in [5, 5.41) is 3.22. The molecule has 0 aliphatic rings. The predicted octanol–water partition coefficient (Wildman–Crippen LogP) is 2.67. The molecule has 0 saturated heterocycles. The summed E-state index contributed by atoms with van der Waals surface area (Å²) in [7, 11) is 1.56. The Kier molecular flexibility index (Phi) is 3.39. The molecule has 7 heteroatoms. The molecule has 3 aromatic rings. The lowest BCUT2D eigenvalue weighted by molar-refractivity contribution is 0.406. The highest BCUT2D eigenvalue weighted by Crippen LogP contribution is 2.29. The Balaban J connectivity index is 1.94. The normalized spacial score (nSPS) is 12.3. The number of fused-ring (bicyclic) bond motifs is 1. The summed E-state index contributed by atoms with van der Waals surface area (Å²) in [6.07, 6.45) is 2.99. The molecule has 0 aliphatic carbocycles. The Morgan fingerprint density at radius 2 is 2.14 bits per heavy atom. The molecule has 1 aromatic carbocycles. The Morgan fingerprint density at radius 3 is 2.95 bits per heavy atom. The van der Waals surface area contributed by atoms with Crippen LogP contribution in [0, 0.1) is 5.82 Å². The van der Waals surface area contributed by atoms with Gasteiger partial charge in [-0.3, -0.25) is 0 Å². The zero-order chi connectivity index (χ0) is 14.8. The van der Waals surface area contributed by atoms with Gasteiger partial charge in [0.15, 0.2) is 11.5 Å². The number of H-pyrrole nitrogens is 1. The van der Waals surface area contributed by atoms with Crippen molar-refractivity contribution >= 4 is 17.0 Å². The van der Waals surface area contributed by atoms with E-state index in [1.807, 2.05) is 6.92 Å². The van der Waals surface area contributed by atoms with Crippen LogP contribution >= 0.6 is 0 Å². The van der Waals surface area contributed by atoms with Gasteiger partial charge in [0.1, 0.15) is 23.4 Å². The molecule has 0 amide bonds. The average molecular weight is 287 g/mol. The number of aromatic nitrogens is 4. The summed E-state index contributed by atoms with van der Waals surface area (Å²) in [4.78, 5) is 15.3. The monoisotopic (exact) mass is 287 g/mol. The second-order valence-corrected chi connectivity index (χ2v) is 4.58. The fourth-order valence-corrected chi connectivity index (χ4v) is 2.20. The number of imidazole rings is 1. The second-order valence-electron chi connectivity index (χ2n) is 4.58. The van der Waals surface area contributed by atoms with Crippen molar-refractivity contribution in [1.29, 1.82) is 0 Å². The van der Waals surface area contributed by atoms with Gasteiger partial charge in [-0.15, -0.1) is 0 Å². The first-order valence-electron chi connectivity index (χ1n) is 6.43. The van der Waals surface area contributed by atoms with Crippen molar-refractivity contribution in [1.82, 2.24) is 19.9 Å². The summed E-state index contributed by atoms with van der Waals surface area (Å²) in [6.45, 7) is 1.90. The smallest absolute Gasteiger partial charge is 0.182 e. The summed E-state index contributed by atoms with van der Waals surface area (Å²) in [5.41, 5.74) is 1.99. The number of nitrogens with one attached hydrogen (secondary N) is 2. The zero-order valence-electron chi connectivity index (χ0n) is 11.6. The van der Waals surface area contributed by atoms with E-state index in [4.69, 9.17) is 4.74 Å². The van der Waals surface area contributed by atoms with Crippen molar-refractivity contribution in [2.75, 3.05) is 12.4 Å². The summed E-state index contributed by atoms with van der Waals surface area (Å²) in [5.74, 6) is 0.913. The van der Waals surface area contributed by atoms with E-state index in [1.54, 1.807) is 19.5 Å². The van der Waals surface area contributed by atoms with Crippen LogP contribution in [0.1, 0.15) is 18.5 Å². The Bertz CT molecular complexity index is 773. The van der Waals surface area contributed by atoms with Crippen molar-refractivity contribution in [3.63, 3.8) is 0 Å². The van der Waals surface area contributed by atoms with Gasteiger partial charge in [0.25, 0.3) is 0 Å². The highest BCUT2D eigenvalue weighted by Gasteiger charge is 2.15. The lowest BCUT2D eigenvalue weighted by atomic mass is 10.1. The molecule has 0 saturated carbocycles. The number of nitrogens with zero attached hydrogens (tertiary/aromatic N) is 3. The van der Waals surface area contributed by atoms with Gasteiger partial charge in [-0.2, -0.15) is 0 Å². The number of methoxy groups -OCH3 is 1. The highest BCUT2D eigenvalue weighted by molar-refractivity contribution is 5.82.